The monoisotopic (exact) mass is 730 g/mol. The predicted molar refractivity (Wildman–Crippen MR) is 211 cm³/mol. The number of rotatable bonds is 15. The van der Waals surface area contributed by atoms with Gasteiger partial charge < -0.3 is 25.3 Å². The predicted octanol–water partition coefficient (Wildman–Crippen LogP) is 9.12. The topological polar surface area (TPSA) is 117 Å². The van der Waals surface area contributed by atoms with Crippen molar-refractivity contribution >= 4 is 30.4 Å². The second kappa shape index (κ2) is 23.0. The molecule has 0 aromatic heterocycles. The lowest BCUT2D eigenvalue weighted by Crippen LogP contribution is -2.40. The number of halogens is 1. The molecule has 0 saturated carbocycles. The summed E-state index contributed by atoms with van der Waals surface area (Å²) in [5, 5.41) is 2.90. The number of amides is 1. The van der Waals surface area contributed by atoms with Crippen LogP contribution in [0.1, 0.15) is 71.4 Å². The molecule has 4 rings (SSSR count). The van der Waals surface area contributed by atoms with Crippen LogP contribution >= 0.6 is 12.4 Å². The fourth-order valence-electron chi connectivity index (χ4n) is 5.38. The first-order valence-electron chi connectivity index (χ1n) is 17.8. The number of hydrogen-bond donors (Lipinski definition) is 2. The van der Waals surface area contributed by atoms with E-state index in [1.165, 1.54) is 16.7 Å². The Kier molecular flexibility index (Phi) is 19.3. The largest absolute Gasteiger partial charge is 0.466 e. The molecule has 0 bridgehead atoms. The van der Waals surface area contributed by atoms with Crippen LogP contribution in [-0.4, -0.2) is 48.9 Å². The van der Waals surface area contributed by atoms with E-state index in [0.29, 0.717) is 38.9 Å². The second-order valence-corrected chi connectivity index (χ2v) is 13.3. The average Bonchev–Trinajstić information content (AvgIpc) is 3.11. The van der Waals surface area contributed by atoms with Gasteiger partial charge >= 0.3 is 18.0 Å². The fourth-order valence-corrected chi connectivity index (χ4v) is 5.38. The van der Waals surface area contributed by atoms with Crippen molar-refractivity contribution in [3.05, 3.63) is 120 Å². The molecule has 0 radical (unpaired) electrons. The Balaban J connectivity index is 0.000000366. The summed E-state index contributed by atoms with van der Waals surface area (Å²) in [6.45, 7) is 9.83. The van der Waals surface area contributed by atoms with Crippen molar-refractivity contribution in [3.8, 4) is 22.3 Å². The van der Waals surface area contributed by atoms with Crippen molar-refractivity contribution in [2.24, 2.45) is 5.73 Å². The van der Waals surface area contributed by atoms with Gasteiger partial charge in [-0.25, -0.2) is 4.79 Å². The van der Waals surface area contributed by atoms with E-state index in [2.05, 4.69) is 78.1 Å². The molecule has 4 aromatic rings. The number of carbonyl (C=O) groups excluding carboxylic acids is 3. The summed E-state index contributed by atoms with van der Waals surface area (Å²) in [5.41, 5.74) is 12.5. The van der Waals surface area contributed by atoms with Gasteiger partial charge in [0.1, 0.15) is 5.60 Å². The molecule has 280 valence electrons. The lowest BCUT2D eigenvalue weighted by molar-refractivity contribution is -0.144. The molecular weight excluding hydrogens is 676 g/mol. The van der Waals surface area contributed by atoms with Crippen LogP contribution in [0.15, 0.2) is 109 Å². The standard InChI is InChI=1S/C24H31NO4.C19H23NO2.ClH/c1-5-28-22(26)16-15-21(25-23(27)29-24(2,3)4)17-18-11-13-20(14-12-18)19-9-7-6-8-10-19;1-2-22-19(21)13-12-18(20)14-15-8-10-17(11-9-15)16-6-4-3-5-7-16;/h6-14,21H,5,15-17H2,1-4H3,(H,25,27);3-11,18H,2,12-14,20H2,1H3;1H. The minimum atomic E-state index is -0.576. The van der Waals surface area contributed by atoms with Crippen LogP contribution in [0.5, 0.6) is 0 Å². The molecule has 52 heavy (non-hydrogen) atoms. The highest BCUT2D eigenvalue weighted by Crippen LogP contribution is 2.21. The zero-order chi connectivity index (χ0) is 37.1. The third-order valence-corrected chi connectivity index (χ3v) is 7.85. The highest BCUT2D eigenvalue weighted by Gasteiger charge is 2.21. The van der Waals surface area contributed by atoms with Crippen LogP contribution in [0, 0.1) is 0 Å². The van der Waals surface area contributed by atoms with E-state index in [4.69, 9.17) is 19.9 Å². The Morgan fingerprint density at radius 2 is 1.02 bits per heavy atom. The van der Waals surface area contributed by atoms with Crippen LogP contribution in [0.4, 0.5) is 4.79 Å². The lowest BCUT2D eigenvalue weighted by atomic mass is 9.98. The van der Waals surface area contributed by atoms with Crippen LogP contribution in [-0.2, 0) is 36.6 Å². The van der Waals surface area contributed by atoms with Crippen molar-refractivity contribution in [1.82, 2.24) is 5.32 Å². The highest BCUT2D eigenvalue weighted by atomic mass is 35.5. The first kappa shape index (κ1) is 43.5. The molecule has 0 fully saturated rings. The molecule has 0 aliphatic heterocycles. The van der Waals surface area contributed by atoms with Crippen molar-refractivity contribution in [2.45, 2.75) is 90.8 Å². The maximum atomic E-state index is 12.2. The van der Waals surface area contributed by atoms with Gasteiger partial charge in [-0.2, -0.15) is 0 Å². The van der Waals surface area contributed by atoms with Gasteiger partial charge in [-0.3, -0.25) is 9.59 Å². The summed E-state index contributed by atoms with van der Waals surface area (Å²) in [5.74, 6) is -0.430. The molecule has 1 amide bonds. The minimum Gasteiger partial charge on any atom is -0.466 e. The number of benzene rings is 4. The van der Waals surface area contributed by atoms with E-state index in [0.717, 1.165) is 23.1 Å². The van der Waals surface area contributed by atoms with Crippen LogP contribution in [0.2, 0.25) is 0 Å². The zero-order valence-corrected chi connectivity index (χ0v) is 32.0. The third kappa shape index (κ3) is 17.0. The summed E-state index contributed by atoms with van der Waals surface area (Å²) in [4.78, 5) is 35.3. The summed E-state index contributed by atoms with van der Waals surface area (Å²) >= 11 is 0. The molecule has 4 aromatic carbocycles. The van der Waals surface area contributed by atoms with Crippen molar-refractivity contribution in [1.29, 1.82) is 0 Å². The molecule has 0 saturated heterocycles. The Labute approximate surface area is 315 Å². The number of ether oxygens (including phenoxy) is 3. The van der Waals surface area contributed by atoms with Crippen LogP contribution in [0.25, 0.3) is 22.3 Å². The van der Waals surface area contributed by atoms with E-state index < -0.39 is 11.7 Å². The number of hydrogen-bond acceptors (Lipinski definition) is 7. The van der Waals surface area contributed by atoms with Gasteiger partial charge in [0.15, 0.2) is 0 Å². The number of alkyl carbamates (subject to hydrolysis) is 1. The van der Waals surface area contributed by atoms with E-state index in [1.54, 1.807) is 6.92 Å². The van der Waals surface area contributed by atoms with E-state index >= 15 is 0 Å². The molecule has 0 aliphatic rings. The van der Waals surface area contributed by atoms with Gasteiger partial charge in [0, 0.05) is 24.9 Å². The number of esters is 2. The van der Waals surface area contributed by atoms with Crippen LogP contribution in [0.3, 0.4) is 0 Å². The highest BCUT2D eigenvalue weighted by molar-refractivity contribution is 5.85. The molecule has 0 heterocycles. The SMILES string of the molecule is CCOC(=O)CCC(Cc1ccc(-c2ccccc2)cc1)NC(=O)OC(C)(C)C.CCOC(=O)CCC(N)Cc1ccc(-c2ccccc2)cc1.Cl. The second-order valence-electron chi connectivity index (χ2n) is 13.3. The molecule has 8 nitrogen and oxygen atoms in total. The van der Waals surface area contributed by atoms with E-state index in [1.807, 2.05) is 64.1 Å². The molecule has 9 heteroatoms. The Morgan fingerprint density at radius 1 is 0.615 bits per heavy atom. The van der Waals surface area contributed by atoms with Gasteiger partial charge in [0.25, 0.3) is 0 Å². The van der Waals surface area contributed by atoms with E-state index in [9.17, 15) is 14.4 Å². The first-order chi connectivity index (χ1) is 24.5. The fraction of sp³-hybridized carbons (Fsp3) is 0.372. The summed E-state index contributed by atoms with van der Waals surface area (Å²) < 4.78 is 15.3. The van der Waals surface area contributed by atoms with Crippen LogP contribution < -0.4 is 11.1 Å². The maximum Gasteiger partial charge on any atom is 0.407 e. The Bertz CT molecular complexity index is 1610. The average molecular weight is 731 g/mol. The lowest BCUT2D eigenvalue weighted by Gasteiger charge is -2.23. The molecule has 2 unspecified atom stereocenters. The Hall–Kier alpha value is -4.66. The molecule has 2 atom stereocenters. The van der Waals surface area contributed by atoms with Crippen molar-refractivity contribution < 1.29 is 28.6 Å². The quantitative estimate of drug-likeness (QED) is 0.0926. The smallest absolute Gasteiger partial charge is 0.407 e. The van der Waals surface area contributed by atoms with E-state index in [-0.39, 0.29) is 42.9 Å². The zero-order valence-electron chi connectivity index (χ0n) is 31.1. The van der Waals surface area contributed by atoms with Gasteiger partial charge in [-0.15, -0.1) is 12.4 Å². The van der Waals surface area contributed by atoms with Gasteiger partial charge in [0.05, 0.1) is 13.2 Å². The molecule has 0 aliphatic carbocycles. The number of carbonyl (C=O) groups is 3. The normalized spacial score (nSPS) is 11.8. The maximum absolute atomic E-state index is 12.2. The summed E-state index contributed by atoms with van der Waals surface area (Å²) in [6.07, 6.45) is 2.67. The third-order valence-electron chi connectivity index (χ3n) is 7.85. The van der Waals surface area contributed by atoms with Gasteiger partial charge in [-0.1, -0.05) is 109 Å². The molecule has 0 spiro atoms. The molecule has 3 N–H and O–H groups in total. The number of nitrogens with two attached hydrogens (primary N) is 1. The first-order valence-corrected chi connectivity index (χ1v) is 17.8. The van der Waals surface area contributed by atoms with Gasteiger partial charge in [-0.05, 0) is 93.7 Å². The molecular formula is C43H55ClN2O6. The summed E-state index contributed by atoms with van der Waals surface area (Å²) in [7, 11) is 0. The van der Waals surface area contributed by atoms with Crippen molar-refractivity contribution in [3.63, 3.8) is 0 Å². The Morgan fingerprint density at radius 3 is 1.44 bits per heavy atom. The number of nitrogens with one attached hydrogen (secondary N) is 1. The minimum absolute atomic E-state index is 0. The van der Waals surface area contributed by atoms with Gasteiger partial charge in [0.2, 0.25) is 0 Å². The van der Waals surface area contributed by atoms with Crippen molar-refractivity contribution in [2.75, 3.05) is 13.2 Å². The summed E-state index contributed by atoms with van der Waals surface area (Å²) in [6, 6.07) is 36.9.